The maximum Gasteiger partial charge on any atom is 0.338 e. The number of non-ortho nitro benzene ring substituents is 1. The first kappa shape index (κ1) is 14.7. The van der Waals surface area contributed by atoms with Crippen LogP contribution in [0, 0.1) is 10.1 Å². The van der Waals surface area contributed by atoms with Crippen LogP contribution in [0.1, 0.15) is 15.9 Å². The third-order valence-corrected chi connectivity index (χ3v) is 3.50. The van der Waals surface area contributed by atoms with E-state index in [1.807, 2.05) is 30.3 Å². The van der Waals surface area contributed by atoms with E-state index >= 15 is 0 Å². The van der Waals surface area contributed by atoms with E-state index in [-0.39, 0.29) is 12.3 Å². The number of fused-ring (bicyclic) bond motifs is 1. The summed E-state index contributed by atoms with van der Waals surface area (Å²) < 4.78 is 5.25. The lowest BCUT2D eigenvalue weighted by Gasteiger charge is -2.06. The molecule has 0 bridgehead atoms. The normalized spacial score (nSPS) is 10.4. The van der Waals surface area contributed by atoms with Gasteiger partial charge in [0.05, 0.1) is 10.5 Å². The molecule has 3 rings (SSSR count). The van der Waals surface area contributed by atoms with Gasteiger partial charge in [-0.05, 0) is 40.6 Å². The first-order valence-electron chi connectivity index (χ1n) is 7.03. The Labute approximate surface area is 132 Å². The number of hydrogen-bond donors (Lipinski definition) is 0. The van der Waals surface area contributed by atoms with Gasteiger partial charge in [0.25, 0.3) is 5.69 Å². The minimum Gasteiger partial charge on any atom is -0.457 e. The number of rotatable bonds is 4. The highest BCUT2D eigenvalue weighted by molar-refractivity contribution is 5.95. The van der Waals surface area contributed by atoms with Crippen molar-refractivity contribution in [3.8, 4) is 0 Å². The Hall–Kier alpha value is -3.21. The van der Waals surface area contributed by atoms with Crippen molar-refractivity contribution in [3.63, 3.8) is 0 Å². The summed E-state index contributed by atoms with van der Waals surface area (Å²) in [6.07, 6.45) is 0. The molecule has 5 heteroatoms. The van der Waals surface area contributed by atoms with Gasteiger partial charge in [-0.15, -0.1) is 0 Å². The molecule has 23 heavy (non-hydrogen) atoms. The second-order valence-electron chi connectivity index (χ2n) is 5.06. The fourth-order valence-corrected chi connectivity index (χ4v) is 2.26. The van der Waals surface area contributed by atoms with Gasteiger partial charge in [-0.25, -0.2) is 4.79 Å². The molecule has 0 aliphatic heterocycles. The summed E-state index contributed by atoms with van der Waals surface area (Å²) in [5.41, 5.74) is 1.19. The van der Waals surface area contributed by atoms with E-state index < -0.39 is 10.9 Å². The zero-order valence-corrected chi connectivity index (χ0v) is 12.1. The molecule has 0 aliphatic rings. The zero-order chi connectivity index (χ0) is 16.2. The summed E-state index contributed by atoms with van der Waals surface area (Å²) >= 11 is 0. The quantitative estimate of drug-likeness (QED) is 0.413. The Morgan fingerprint density at radius 3 is 2.35 bits per heavy atom. The molecule has 0 unspecified atom stereocenters. The SMILES string of the molecule is O=C(OCc1ccc([N+](=O)[O-])cc1)c1ccc2ccccc2c1. The Morgan fingerprint density at radius 1 is 0.957 bits per heavy atom. The number of hydrogen-bond acceptors (Lipinski definition) is 4. The Morgan fingerprint density at radius 2 is 1.65 bits per heavy atom. The van der Waals surface area contributed by atoms with Crippen molar-refractivity contribution in [1.29, 1.82) is 0 Å². The Kier molecular flexibility index (Phi) is 4.01. The van der Waals surface area contributed by atoms with Crippen LogP contribution in [0.15, 0.2) is 66.7 Å². The largest absolute Gasteiger partial charge is 0.457 e. The smallest absolute Gasteiger partial charge is 0.338 e. The number of ether oxygens (including phenoxy) is 1. The summed E-state index contributed by atoms with van der Waals surface area (Å²) in [4.78, 5) is 22.2. The topological polar surface area (TPSA) is 69.4 Å². The predicted molar refractivity (Wildman–Crippen MR) is 86.2 cm³/mol. The summed E-state index contributed by atoms with van der Waals surface area (Å²) in [6.45, 7) is 0.0731. The first-order valence-corrected chi connectivity index (χ1v) is 7.03. The van der Waals surface area contributed by atoms with Gasteiger partial charge in [0.2, 0.25) is 0 Å². The monoisotopic (exact) mass is 307 g/mol. The van der Waals surface area contributed by atoms with Gasteiger partial charge in [-0.3, -0.25) is 10.1 Å². The number of nitro groups is 1. The molecule has 0 heterocycles. The Balaban J connectivity index is 1.69. The van der Waals surface area contributed by atoms with Gasteiger partial charge in [0, 0.05) is 12.1 Å². The van der Waals surface area contributed by atoms with Crippen LogP contribution in [0.25, 0.3) is 10.8 Å². The molecule has 114 valence electrons. The van der Waals surface area contributed by atoms with E-state index in [0.717, 1.165) is 10.8 Å². The van der Waals surface area contributed by atoms with E-state index in [1.54, 1.807) is 24.3 Å². The third-order valence-electron chi connectivity index (χ3n) is 3.50. The third kappa shape index (κ3) is 3.35. The molecule has 3 aromatic rings. The molecule has 0 fully saturated rings. The minimum absolute atomic E-state index is 0.00889. The summed E-state index contributed by atoms with van der Waals surface area (Å²) in [6, 6.07) is 19.1. The van der Waals surface area contributed by atoms with Crippen LogP contribution in [0.2, 0.25) is 0 Å². The minimum atomic E-state index is -0.467. The number of esters is 1. The molecular weight excluding hydrogens is 294 g/mol. The molecular formula is C18H13NO4. The van der Waals surface area contributed by atoms with Crippen LogP contribution in [0.5, 0.6) is 0 Å². The van der Waals surface area contributed by atoms with Crippen LogP contribution >= 0.6 is 0 Å². The first-order chi connectivity index (χ1) is 11.1. The van der Waals surface area contributed by atoms with Crippen molar-refractivity contribution < 1.29 is 14.5 Å². The van der Waals surface area contributed by atoms with E-state index in [4.69, 9.17) is 4.74 Å². The lowest BCUT2D eigenvalue weighted by Crippen LogP contribution is -2.05. The number of nitrogens with zero attached hydrogens (tertiary/aromatic N) is 1. The summed E-state index contributed by atoms with van der Waals surface area (Å²) in [5, 5.41) is 12.6. The highest BCUT2D eigenvalue weighted by Crippen LogP contribution is 2.17. The van der Waals surface area contributed by atoms with Crippen molar-refractivity contribution >= 4 is 22.4 Å². The van der Waals surface area contributed by atoms with Crippen LogP contribution in [-0.2, 0) is 11.3 Å². The van der Waals surface area contributed by atoms with Crippen molar-refractivity contribution in [2.45, 2.75) is 6.61 Å². The van der Waals surface area contributed by atoms with Gasteiger partial charge in [0.15, 0.2) is 0 Å². The van der Waals surface area contributed by atoms with E-state index in [9.17, 15) is 14.9 Å². The lowest BCUT2D eigenvalue weighted by molar-refractivity contribution is -0.384. The number of carbonyl (C=O) groups excluding carboxylic acids is 1. The van der Waals surface area contributed by atoms with Crippen LogP contribution < -0.4 is 0 Å². The summed E-state index contributed by atoms with van der Waals surface area (Å²) in [7, 11) is 0. The zero-order valence-electron chi connectivity index (χ0n) is 12.1. The van der Waals surface area contributed by atoms with Gasteiger partial charge in [-0.1, -0.05) is 30.3 Å². The maximum absolute atomic E-state index is 12.1. The molecule has 0 amide bonds. The molecule has 0 atom stereocenters. The molecule has 0 aliphatic carbocycles. The standard InChI is InChI=1S/C18H13NO4/c20-18(16-8-7-14-3-1-2-4-15(14)11-16)23-12-13-5-9-17(10-6-13)19(21)22/h1-11H,12H2. The second-order valence-corrected chi connectivity index (χ2v) is 5.06. The average Bonchev–Trinajstić information content (AvgIpc) is 2.59. The molecule has 0 aromatic heterocycles. The van der Waals surface area contributed by atoms with Crippen LogP contribution in [0.4, 0.5) is 5.69 Å². The molecule has 0 saturated heterocycles. The van der Waals surface area contributed by atoms with E-state index in [0.29, 0.717) is 11.1 Å². The number of benzene rings is 3. The molecule has 0 N–H and O–H groups in total. The van der Waals surface area contributed by atoms with Crippen molar-refractivity contribution in [2.24, 2.45) is 0 Å². The van der Waals surface area contributed by atoms with Gasteiger partial charge < -0.3 is 4.74 Å². The highest BCUT2D eigenvalue weighted by Gasteiger charge is 2.09. The summed E-state index contributed by atoms with van der Waals surface area (Å²) in [5.74, 6) is -0.422. The van der Waals surface area contributed by atoms with Gasteiger partial charge in [0.1, 0.15) is 6.61 Å². The lowest BCUT2D eigenvalue weighted by atomic mass is 10.1. The maximum atomic E-state index is 12.1. The molecule has 5 nitrogen and oxygen atoms in total. The molecule has 0 spiro atoms. The Bertz CT molecular complexity index is 872. The average molecular weight is 307 g/mol. The van der Waals surface area contributed by atoms with Crippen molar-refractivity contribution in [2.75, 3.05) is 0 Å². The van der Waals surface area contributed by atoms with Crippen molar-refractivity contribution in [1.82, 2.24) is 0 Å². The van der Waals surface area contributed by atoms with Crippen LogP contribution in [0.3, 0.4) is 0 Å². The number of carbonyl (C=O) groups is 1. The van der Waals surface area contributed by atoms with E-state index in [1.165, 1.54) is 12.1 Å². The van der Waals surface area contributed by atoms with Gasteiger partial charge in [-0.2, -0.15) is 0 Å². The predicted octanol–water partition coefficient (Wildman–Crippen LogP) is 4.11. The molecule has 0 saturated carbocycles. The second kappa shape index (κ2) is 6.27. The van der Waals surface area contributed by atoms with Gasteiger partial charge >= 0.3 is 5.97 Å². The van der Waals surface area contributed by atoms with E-state index in [2.05, 4.69) is 0 Å². The fourth-order valence-electron chi connectivity index (χ4n) is 2.26. The fraction of sp³-hybridized carbons (Fsp3) is 0.0556. The molecule has 0 radical (unpaired) electrons. The van der Waals surface area contributed by atoms with Crippen LogP contribution in [-0.4, -0.2) is 10.9 Å². The number of nitro benzene ring substituents is 1. The molecule has 3 aromatic carbocycles. The highest BCUT2D eigenvalue weighted by atomic mass is 16.6. The van der Waals surface area contributed by atoms with Crippen molar-refractivity contribution in [3.05, 3.63) is 88.0 Å².